The van der Waals surface area contributed by atoms with Crippen molar-refractivity contribution in [2.75, 3.05) is 11.9 Å². The number of pyridine rings is 1. The zero-order valence-corrected chi connectivity index (χ0v) is 11.0. The van der Waals surface area contributed by atoms with Gasteiger partial charge in [-0.25, -0.2) is 9.78 Å². The van der Waals surface area contributed by atoms with Crippen LogP contribution < -0.4 is 5.32 Å². The van der Waals surface area contributed by atoms with E-state index < -0.39 is 10.9 Å². The summed E-state index contributed by atoms with van der Waals surface area (Å²) in [4.78, 5) is 25.2. The Bertz CT molecular complexity index is 673. The van der Waals surface area contributed by atoms with Crippen LogP contribution in [-0.2, 0) is 6.42 Å². The van der Waals surface area contributed by atoms with Crippen LogP contribution in [0.2, 0.25) is 0 Å². The first-order valence-electron chi connectivity index (χ1n) is 6.23. The highest BCUT2D eigenvalue weighted by Crippen LogP contribution is 2.15. The summed E-state index contributed by atoms with van der Waals surface area (Å²) in [6, 6.07) is 9.37. The van der Waals surface area contributed by atoms with Crippen LogP contribution in [0.3, 0.4) is 0 Å². The first kappa shape index (κ1) is 14.4. The van der Waals surface area contributed by atoms with Crippen molar-refractivity contribution in [3.63, 3.8) is 0 Å². The van der Waals surface area contributed by atoms with Crippen LogP contribution in [0.1, 0.15) is 15.9 Å². The van der Waals surface area contributed by atoms with Crippen molar-refractivity contribution in [2.45, 2.75) is 6.42 Å². The highest BCUT2D eigenvalue weighted by molar-refractivity contribution is 5.89. The number of anilines is 1. The molecule has 21 heavy (non-hydrogen) atoms. The third-order valence-corrected chi connectivity index (χ3v) is 2.90. The van der Waals surface area contributed by atoms with Crippen LogP contribution in [0.15, 0.2) is 42.6 Å². The number of hydrogen-bond donors (Lipinski definition) is 2. The summed E-state index contributed by atoms with van der Waals surface area (Å²) in [7, 11) is 0. The van der Waals surface area contributed by atoms with Crippen LogP contribution in [-0.4, -0.2) is 27.5 Å². The van der Waals surface area contributed by atoms with Crippen molar-refractivity contribution in [2.24, 2.45) is 0 Å². The van der Waals surface area contributed by atoms with Crippen molar-refractivity contribution in [3.8, 4) is 0 Å². The van der Waals surface area contributed by atoms with E-state index in [0.29, 0.717) is 24.3 Å². The topological polar surface area (TPSA) is 105 Å². The number of hydrogen-bond acceptors (Lipinski definition) is 5. The molecule has 0 radical (unpaired) electrons. The predicted octanol–water partition coefficient (Wildman–Crippen LogP) is 2.34. The maximum absolute atomic E-state index is 11.1. The first-order valence-corrected chi connectivity index (χ1v) is 6.23. The molecule has 2 N–H and O–H groups in total. The van der Waals surface area contributed by atoms with Crippen molar-refractivity contribution in [3.05, 3.63) is 63.8 Å². The van der Waals surface area contributed by atoms with Gasteiger partial charge in [-0.1, -0.05) is 18.2 Å². The highest BCUT2D eigenvalue weighted by Gasteiger charge is 2.09. The number of rotatable bonds is 6. The van der Waals surface area contributed by atoms with E-state index in [2.05, 4.69) is 10.3 Å². The lowest BCUT2D eigenvalue weighted by molar-refractivity contribution is -0.384. The molecular formula is C14H13N3O4. The van der Waals surface area contributed by atoms with Gasteiger partial charge in [-0.15, -0.1) is 0 Å². The maximum Gasteiger partial charge on any atom is 0.335 e. The average molecular weight is 287 g/mol. The molecule has 0 saturated carbocycles. The van der Waals surface area contributed by atoms with Gasteiger partial charge in [0.25, 0.3) is 5.69 Å². The molecule has 7 nitrogen and oxygen atoms in total. The van der Waals surface area contributed by atoms with Gasteiger partial charge in [0.15, 0.2) is 0 Å². The van der Waals surface area contributed by atoms with Gasteiger partial charge < -0.3 is 10.4 Å². The summed E-state index contributed by atoms with van der Waals surface area (Å²) >= 11 is 0. The predicted molar refractivity (Wildman–Crippen MR) is 76.5 cm³/mol. The molecule has 0 unspecified atom stereocenters. The van der Waals surface area contributed by atoms with E-state index in [4.69, 9.17) is 5.11 Å². The standard InChI is InChI=1S/C14H13N3O4/c18-14(19)12-4-2-1-3-10(12)5-7-15-13-9-11(17(20)21)6-8-16-13/h1-4,6,8-9H,5,7H2,(H,15,16)(H,18,19). The lowest BCUT2D eigenvalue weighted by atomic mass is 10.0. The average Bonchev–Trinajstić information content (AvgIpc) is 2.48. The largest absolute Gasteiger partial charge is 0.478 e. The molecule has 0 fully saturated rings. The summed E-state index contributed by atoms with van der Waals surface area (Å²) in [6.07, 6.45) is 1.83. The first-order chi connectivity index (χ1) is 10.1. The molecule has 0 aliphatic heterocycles. The van der Waals surface area contributed by atoms with Gasteiger partial charge in [0.05, 0.1) is 16.6 Å². The number of carbonyl (C=O) groups is 1. The molecule has 1 aromatic heterocycles. The minimum Gasteiger partial charge on any atom is -0.478 e. The minimum absolute atomic E-state index is 0.0431. The van der Waals surface area contributed by atoms with E-state index in [-0.39, 0.29) is 11.3 Å². The van der Waals surface area contributed by atoms with Crippen LogP contribution in [0.5, 0.6) is 0 Å². The number of nitrogens with one attached hydrogen (secondary N) is 1. The lowest BCUT2D eigenvalue weighted by Crippen LogP contribution is -2.10. The molecule has 1 aromatic carbocycles. The minimum atomic E-state index is -0.973. The third-order valence-electron chi connectivity index (χ3n) is 2.90. The Labute approximate surface area is 120 Å². The van der Waals surface area contributed by atoms with Gasteiger partial charge in [-0.3, -0.25) is 10.1 Å². The Balaban J connectivity index is 2.00. The molecule has 0 amide bonds. The smallest absolute Gasteiger partial charge is 0.335 e. The fourth-order valence-corrected chi connectivity index (χ4v) is 1.90. The fraction of sp³-hybridized carbons (Fsp3) is 0.143. The van der Waals surface area contributed by atoms with E-state index in [1.165, 1.54) is 18.3 Å². The highest BCUT2D eigenvalue weighted by atomic mass is 16.6. The number of nitrogens with zero attached hydrogens (tertiary/aromatic N) is 2. The number of aromatic carboxylic acids is 1. The number of carboxylic acid groups (broad SMARTS) is 1. The Morgan fingerprint density at radius 1 is 1.33 bits per heavy atom. The molecule has 0 bridgehead atoms. The molecule has 0 saturated heterocycles. The summed E-state index contributed by atoms with van der Waals surface area (Å²) < 4.78 is 0. The van der Waals surface area contributed by atoms with Crippen molar-refractivity contribution in [1.29, 1.82) is 0 Å². The molecule has 0 atom stereocenters. The number of benzene rings is 1. The van der Waals surface area contributed by atoms with Gasteiger partial charge in [0, 0.05) is 18.8 Å². The van der Waals surface area contributed by atoms with Crippen molar-refractivity contribution >= 4 is 17.5 Å². The van der Waals surface area contributed by atoms with Gasteiger partial charge in [0.1, 0.15) is 5.82 Å². The number of carboxylic acids is 1. The van der Waals surface area contributed by atoms with E-state index in [1.54, 1.807) is 24.3 Å². The van der Waals surface area contributed by atoms with E-state index in [9.17, 15) is 14.9 Å². The Hall–Kier alpha value is -2.96. The second-order valence-electron chi connectivity index (χ2n) is 4.30. The molecule has 0 spiro atoms. The van der Waals surface area contributed by atoms with Crippen molar-refractivity contribution < 1.29 is 14.8 Å². The van der Waals surface area contributed by atoms with Crippen LogP contribution >= 0.6 is 0 Å². The second kappa shape index (κ2) is 6.47. The summed E-state index contributed by atoms with van der Waals surface area (Å²) in [5.74, 6) is -0.587. The zero-order valence-electron chi connectivity index (χ0n) is 11.0. The summed E-state index contributed by atoms with van der Waals surface area (Å²) in [6.45, 7) is 0.429. The van der Waals surface area contributed by atoms with Crippen molar-refractivity contribution in [1.82, 2.24) is 4.98 Å². The third kappa shape index (κ3) is 3.75. The number of nitro groups is 1. The zero-order chi connectivity index (χ0) is 15.2. The second-order valence-corrected chi connectivity index (χ2v) is 4.30. The molecule has 108 valence electrons. The normalized spacial score (nSPS) is 10.1. The molecule has 2 rings (SSSR count). The number of aromatic nitrogens is 1. The fourth-order valence-electron chi connectivity index (χ4n) is 1.90. The lowest BCUT2D eigenvalue weighted by Gasteiger charge is -2.07. The Kier molecular flexibility index (Phi) is 4.45. The van der Waals surface area contributed by atoms with Crippen LogP contribution in [0.4, 0.5) is 11.5 Å². The molecule has 0 aliphatic rings. The summed E-state index contributed by atoms with van der Waals surface area (Å²) in [5.41, 5.74) is 0.910. The molecule has 7 heteroatoms. The van der Waals surface area contributed by atoms with E-state index in [0.717, 1.165) is 0 Å². The Morgan fingerprint density at radius 3 is 2.81 bits per heavy atom. The monoisotopic (exact) mass is 287 g/mol. The summed E-state index contributed by atoms with van der Waals surface area (Å²) in [5, 5.41) is 22.7. The molecule has 2 aromatic rings. The van der Waals surface area contributed by atoms with Gasteiger partial charge in [0.2, 0.25) is 0 Å². The Morgan fingerprint density at radius 2 is 2.10 bits per heavy atom. The van der Waals surface area contributed by atoms with Crippen LogP contribution in [0.25, 0.3) is 0 Å². The quantitative estimate of drug-likeness (QED) is 0.624. The molecular weight excluding hydrogens is 274 g/mol. The van der Waals surface area contributed by atoms with Gasteiger partial charge in [-0.2, -0.15) is 0 Å². The van der Waals surface area contributed by atoms with Gasteiger partial charge in [-0.05, 0) is 18.1 Å². The van der Waals surface area contributed by atoms with Gasteiger partial charge >= 0.3 is 5.97 Å². The molecule has 0 aliphatic carbocycles. The molecule has 1 heterocycles. The van der Waals surface area contributed by atoms with E-state index in [1.807, 2.05) is 0 Å². The SMILES string of the molecule is O=C(O)c1ccccc1CCNc1cc([N+](=O)[O-])ccn1. The maximum atomic E-state index is 11.1. The van der Waals surface area contributed by atoms with Crippen LogP contribution in [0, 0.1) is 10.1 Å². The van der Waals surface area contributed by atoms with E-state index >= 15 is 0 Å².